The van der Waals surface area contributed by atoms with E-state index in [1.165, 1.54) is 12.7 Å². The number of fused-ring (bicyclic) bond motifs is 1. The number of nitrogens with two attached hydrogens (primary N) is 1. The van der Waals surface area contributed by atoms with Gasteiger partial charge in [0.1, 0.15) is 18.1 Å². The third kappa shape index (κ3) is 5.79. The normalized spacial score (nSPS) is 27.9. The Morgan fingerprint density at radius 2 is 1.81 bits per heavy atom. The molecule has 0 amide bonds. The van der Waals surface area contributed by atoms with E-state index in [2.05, 4.69) is 23.6 Å². The van der Waals surface area contributed by atoms with Crippen LogP contribution in [-0.2, 0) is 31.6 Å². The molecular formula is C13H22N5O11P3. The van der Waals surface area contributed by atoms with Gasteiger partial charge < -0.3 is 30.0 Å². The van der Waals surface area contributed by atoms with Gasteiger partial charge in [0.05, 0.1) is 19.0 Å². The van der Waals surface area contributed by atoms with E-state index in [1.807, 2.05) is 13.8 Å². The predicted molar refractivity (Wildman–Crippen MR) is 106 cm³/mol. The molecule has 0 aromatic carbocycles. The third-order valence-corrected chi connectivity index (χ3v) is 8.67. The highest BCUT2D eigenvalue weighted by Crippen LogP contribution is 2.66. The molecule has 6 N–H and O–H groups in total. The molecule has 0 spiro atoms. The minimum absolute atomic E-state index is 0.136. The first-order valence-corrected chi connectivity index (χ1v) is 13.6. The van der Waals surface area contributed by atoms with Crippen molar-refractivity contribution >= 4 is 40.4 Å². The maximum Gasteiger partial charge on any atom is 0.490 e. The van der Waals surface area contributed by atoms with Crippen molar-refractivity contribution in [2.45, 2.75) is 32.6 Å². The molecule has 6 unspecified atom stereocenters. The lowest BCUT2D eigenvalue weighted by Crippen LogP contribution is -2.23. The van der Waals surface area contributed by atoms with E-state index in [-0.39, 0.29) is 17.7 Å². The number of nitrogen functional groups attached to an aromatic ring is 1. The van der Waals surface area contributed by atoms with E-state index in [9.17, 15) is 23.5 Å². The lowest BCUT2D eigenvalue weighted by molar-refractivity contribution is -0.0341. The summed E-state index contributed by atoms with van der Waals surface area (Å²) >= 11 is 0. The number of phosphoric acid groups is 3. The molecule has 19 heteroatoms. The van der Waals surface area contributed by atoms with Crippen molar-refractivity contribution in [3.8, 4) is 0 Å². The number of anilines is 1. The monoisotopic (exact) mass is 517 g/mol. The number of hydrogen-bond donors (Lipinski definition) is 5. The number of nitrogens with zero attached hydrogens (tertiary/aromatic N) is 4. The van der Waals surface area contributed by atoms with E-state index in [0.29, 0.717) is 17.6 Å². The van der Waals surface area contributed by atoms with Gasteiger partial charge >= 0.3 is 23.5 Å². The summed E-state index contributed by atoms with van der Waals surface area (Å²) in [6.07, 6.45) is 2.01. The Balaban J connectivity index is 1.73. The van der Waals surface area contributed by atoms with Crippen LogP contribution in [0.5, 0.6) is 0 Å². The number of aromatic nitrogens is 4. The average molecular weight is 517 g/mol. The van der Waals surface area contributed by atoms with Gasteiger partial charge in [-0.3, -0.25) is 9.09 Å². The highest BCUT2D eigenvalue weighted by atomic mass is 31.3. The Morgan fingerprint density at radius 1 is 1.12 bits per heavy atom. The molecule has 16 nitrogen and oxygen atoms in total. The fraction of sp³-hybridized carbons (Fsp3) is 0.615. The van der Waals surface area contributed by atoms with Crippen molar-refractivity contribution in [3.63, 3.8) is 0 Å². The van der Waals surface area contributed by atoms with Crippen LogP contribution in [0.4, 0.5) is 5.82 Å². The summed E-state index contributed by atoms with van der Waals surface area (Å²) in [7, 11) is -16.3. The van der Waals surface area contributed by atoms with Crippen LogP contribution in [-0.4, -0.2) is 51.8 Å². The zero-order valence-corrected chi connectivity index (χ0v) is 19.4. The van der Waals surface area contributed by atoms with Crippen molar-refractivity contribution < 1.29 is 51.2 Å². The van der Waals surface area contributed by atoms with Crippen LogP contribution < -0.4 is 5.73 Å². The number of phosphoric ester groups is 1. The maximum atomic E-state index is 12.0. The van der Waals surface area contributed by atoms with Crippen molar-refractivity contribution in [1.82, 2.24) is 19.5 Å². The largest absolute Gasteiger partial charge is 0.490 e. The first-order valence-electron chi connectivity index (χ1n) is 9.10. The second-order valence-electron chi connectivity index (χ2n) is 6.97. The molecule has 1 aliphatic rings. The van der Waals surface area contributed by atoms with Crippen LogP contribution >= 0.6 is 23.5 Å². The van der Waals surface area contributed by atoms with E-state index in [4.69, 9.17) is 24.8 Å². The zero-order valence-electron chi connectivity index (χ0n) is 16.7. The van der Waals surface area contributed by atoms with Gasteiger partial charge in [-0.25, -0.2) is 28.6 Å². The van der Waals surface area contributed by atoms with Gasteiger partial charge in [-0.15, -0.1) is 0 Å². The molecule has 0 bridgehead atoms. The van der Waals surface area contributed by atoms with Crippen molar-refractivity contribution in [2.24, 2.45) is 11.8 Å². The zero-order chi connectivity index (χ0) is 23.9. The van der Waals surface area contributed by atoms with E-state index >= 15 is 0 Å². The Hall–Kier alpha value is -1.28. The van der Waals surface area contributed by atoms with Gasteiger partial charge in [0, 0.05) is 5.92 Å². The van der Waals surface area contributed by atoms with Gasteiger partial charge in [0.2, 0.25) is 0 Å². The van der Waals surface area contributed by atoms with Gasteiger partial charge in [0.15, 0.2) is 11.5 Å². The number of rotatable bonds is 9. The first kappa shape index (κ1) is 25.3. The SMILES string of the molecule is CCC1C(COP(=O)(O)OP(=O)(O)OP(=O)(O)O)OC(n2cnc3c(N)ncnc32)C1C. The van der Waals surface area contributed by atoms with E-state index < -0.39 is 42.4 Å². The Labute approximate surface area is 181 Å². The second-order valence-corrected chi connectivity index (χ2v) is 11.4. The molecule has 0 radical (unpaired) electrons. The van der Waals surface area contributed by atoms with Crippen molar-refractivity contribution in [2.75, 3.05) is 12.3 Å². The Morgan fingerprint density at radius 3 is 2.44 bits per heavy atom. The van der Waals surface area contributed by atoms with E-state index in [1.54, 1.807) is 4.57 Å². The quantitative estimate of drug-likeness (QED) is 0.295. The smallest absolute Gasteiger partial charge is 0.382 e. The van der Waals surface area contributed by atoms with Crippen LogP contribution in [0.3, 0.4) is 0 Å². The molecule has 6 atom stereocenters. The molecule has 180 valence electrons. The molecule has 2 aromatic heterocycles. The number of imidazole rings is 1. The van der Waals surface area contributed by atoms with Gasteiger partial charge in [-0.05, 0) is 5.92 Å². The third-order valence-electron chi connectivity index (χ3n) is 4.87. The fourth-order valence-electron chi connectivity index (χ4n) is 3.60. The summed E-state index contributed by atoms with van der Waals surface area (Å²) in [6, 6.07) is 0. The molecule has 0 aliphatic carbocycles. The van der Waals surface area contributed by atoms with Crippen molar-refractivity contribution in [1.29, 1.82) is 0 Å². The number of ether oxygens (including phenoxy) is 1. The first-order chi connectivity index (χ1) is 14.7. The van der Waals surface area contributed by atoms with Crippen LogP contribution in [0, 0.1) is 11.8 Å². The Kier molecular flexibility index (Phi) is 7.26. The lowest BCUT2D eigenvalue weighted by atomic mass is 9.89. The average Bonchev–Trinajstić information content (AvgIpc) is 3.18. The summed E-state index contributed by atoms with van der Waals surface area (Å²) < 4.78 is 54.0. The Bertz CT molecular complexity index is 1120. The van der Waals surface area contributed by atoms with Gasteiger partial charge in [-0.2, -0.15) is 8.62 Å². The molecule has 2 aromatic rings. The predicted octanol–water partition coefficient (Wildman–Crippen LogP) is 1.31. The van der Waals surface area contributed by atoms with Crippen LogP contribution in [0.2, 0.25) is 0 Å². The topological polar surface area (TPSA) is 239 Å². The molecule has 0 saturated carbocycles. The summed E-state index contributed by atoms with van der Waals surface area (Å²) in [5.41, 5.74) is 6.62. The molecule has 3 rings (SSSR count). The highest BCUT2D eigenvalue weighted by Gasteiger charge is 2.45. The van der Waals surface area contributed by atoms with E-state index in [0.717, 1.165) is 0 Å². The highest BCUT2D eigenvalue weighted by molar-refractivity contribution is 7.66. The second kappa shape index (κ2) is 9.16. The van der Waals surface area contributed by atoms with Gasteiger partial charge in [0.25, 0.3) is 0 Å². The van der Waals surface area contributed by atoms with Gasteiger partial charge in [-0.1, -0.05) is 20.3 Å². The molecule has 1 saturated heterocycles. The minimum Gasteiger partial charge on any atom is -0.382 e. The summed E-state index contributed by atoms with van der Waals surface area (Å²) in [4.78, 5) is 48.3. The van der Waals surface area contributed by atoms with Crippen molar-refractivity contribution in [3.05, 3.63) is 12.7 Å². The fourth-order valence-corrected chi connectivity index (χ4v) is 6.63. The molecule has 32 heavy (non-hydrogen) atoms. The lowest BCUT2D eigenvalue weighted by Gasteiger charge is -2.21. The standard InChI is InChI=1S/C13H22N5O11P3/c1-3-8-7(2)13(18-6-17-10-11(14)15-5-16-12(10)18)27-9(8)4-26-31(22,23)29-32(24,25)28-30(19,20)21/h5-9,13H,3-4H2,1-2H3,(H,22,23)(H,24,25)(H2,14,15,16)(H2,19,20,21). The molecular weight excluding hydrogens is 495 g/mol. The molecule has 3 heterocycles. The summed E-state index contributed by atoms with van der Waals surface area (Å²) in [5, 5.41) is 0. The van der Waals surface area contributed by atoms with Crippen LogP contribution in [0.1, 0.15) is 26.5 Å². The van der Waals surface area contributed by atoms with Crippen LogP contribution in [0.25, 0.3) is 11.2 Å². The van der Waals surface area contributed by atoms with Crippen LogP contribution in [0.15, 0.2) is 12.7 Å². The summed E-state index contributed by atoms with van der Waals surface area (Å²) in [5.74, 6) is -0.123. The minimum atomic E-state index is -5.60. The molecule has 1 aliphatic heterocycles. The maximum absolute atomic E-state index is 12.0. The molecule has 1 fully saturated rings. The summed E-state index contributed by atoms with van der Waals surface area (Å²) in [6.45, 7) is 3.23. The number of hydrogen-bond acceptors (Lipinski definition) is 11.